The maximum Gasteiger partial charge on any atom is 0.234 e. The second-order valence-electron chi connectivity index (χ2n) is 5.77. The zero-order chi connectivity index (χ0) is 13.8. The molecule has 1 N–H and O–H groups in total. The molecule has 5 heteroatoms. The Labute approximate surface area is 115 Å². The quantitative estimate of drug-likeness (QED) is 0.873. The van der Waals surface area contributed by atoms with Crippen LogP contribution in [-0.2, 0) is 11.8 Å². The normalized spacial score (nSPS) is 20.1. The molecule has 1 amide bonds. The van der Waals surface area contributed by atoms with Crippen LogP contribution < -0.4 is 5.32 Å². The Hall–Kier alpha value is -1.36. The second kappa shape index (κ2) is 6.19. The number of carbonyl (C=O) groups is 1. The zero-order valence-corrected chi connectivity index (χ0v) is 12.1. The third kappa shape index (κ3) is 3.80. The van der Waals surface area contributed by atoms with Crippen LogP contribution in [0.2, 0.25) is 0 Å². The highest BCUT2D eigenvalue weighted by Gasteiger charge is 2.28. The minimum atomic E-state index is 0.129. The summed E-state index contributed by atoms with van der Waals surface area (Å²) < 4.78 is 1.82. The zero-order valence-electron chi connectivity index (χ0n) is 12.1. The van der Waals surface area contributed by atoms with Crippen LogP contribution in [0.25, 0.3) is 0 Å². The first-order chi connectivity index (χ1) is 9.06. The number of hydrogen-bond acceptors (Lipinski definition) is 3. The number of aryl methyl sites for hydroxylation is 1. The molecule has 1 aliphatic rings. The van der Waals surface area contributed by atoms with Crippen molar-refractivity contribution >= 4 is 5.91 Å². The van der Waals surface area contributed by atoms with Gasteiger partial charge in [-0.25, -0.2) is 0 Å². The molecule has 1 aromatic rings. The van der Waals surface area contributed by atoms with Crippen molar-refractivity contribution < 1.29 is 4.79 Å². The van der Waals surface area contributed by atoms with E-state index in [4.69, 9.17) is 0 Å². The molecule has 106 valence electrons. The molecule has 0 aromatic carbocycles. The molecule has 0 saturated carbocycles. The number of rotatable bonds is 5. The van der Waals surface area contributed by atoms with Gasteiger partial charge < -0.3 is 5.32 Å². The van der Waals surface area contributed by atoms with Crippen molar-refractivity contribution in [2.45, 2.75) is 32.7 Å². The summed E-state index contributed by atoms with van der Waals surface area (Å²) in [4.78, 5) is 14.2. The van der Waals surface area contributed by atoms with E-state index in [1.54, 1.807) is 0 Å². The van der Waals surface area contributed by atoms with Gasteiger partial charge in [-0.05, 0) is 25.3 Å². The Kier molecular flexibility index (Phi) is 4.58. The Bertz CT molecular complexity index is 427. The summed E-state index contributed by atoms with van der Waals surface area (Å²) in [6.07, 6.45) is 6.23. The van der Waals surface area contributed by atoms with E-state index in [0.717, 1.165) is 25.9 Å². The fourth-order valence-corrected chi connectivity index (χ4v) is 2.56. The molecule has 0 aliphatic carbocycles. The molecule has 1 aromatic heterocycles. The van der Waals surface area contributed by atoms with Crippen LogP contribution in [0.15, 0.2) is 12.4 Å². The van der Waals surface area contributed by atoms with Gasteiger partial charge in [0.2, 0.25) is 5.91 Å². The number of nitrogens with zero attached hydrogens (tertiary/aromatic N) is 3. The van der Waals surface area contributed by atoms with E-state index in [2.05, 4.69) is 35.4 Å². The lowest BCUT2D eigenvalue weighted by atomic mass is 10.1. The Morgan fingerprint density at radius 2 is 2.37 bits per heavy atom. The van der Waals surface area contributed by atoms with E-state index in [9.17, 15) is 4.79 Å². The molecule has 19 heavy (non-hydrogen) atoms. The monoisotopic (exact) mass is 264 g/mol. The SMILES string of the molecule is CC(C)CNC(=O)CN1CCC[C@@H]1c1cnn(C)c1. The molecule has 0 unspecified atom stereocenters. The minimum absolute atomic E-state index is 0.129. The number of amides is 1. The van der Waals surface area contributed by atoms with E-state index in [-0.39, 0.29) is 5.91 Å². The van der Waals surface area contributed by atoms with Gasteiger partial charge in [0.05, 0.1) is 12.7 Å². The first-order valence-electron chi connectivity index (χ1n) is 7.05. The average molecular weight is 264 g/mol. The Balaban J connectivity index is 1.90. The predicted molar refractivity (Wildman–Crippen MR) is 74.6 cm³/mol. The Morgan fingerprint density at radius 3 is 3.00 bits per heavy atom. The molecule has 0 radical (unpaired) electrons. The summed E-state index contributed by atoms with van der Waals surface area (Å²) in [7, 11) is 1.93. The van der Waals surface area contributed by atoms with Gasteiger partial charge in [-0.15, -0.1) is 0 Å². The molecule has 0 spiro atoms. The van der Waals surface area contributed by atoms with Gasteiger partial charge in [-0.1, -0.05) is 13.8 Å². The van der Waals surface area contributed by atoms with Crippen molar-refractivity contribution in [1.82, 2.24) is 20.0 Å². The van der Waals surface area contributed by atoms with Crippen molar-refractivity contribution in [1.29, 1.82) is 0 Å². The first kappa shape index (κ1) is 14.1. The van der Waals surface area contributed by atoms with Crippen LogP contribution in [0.1, 0.15) is 38.3 Å². The molecule has 5 nitrogen and oxygen atoms in total. The summed E-state index contributed by atoms with van der Waals surface area (Å²) in [6.45, 7) is 6.45. The number of likely N-dealkylation sites (tertiary alicyclic amines) is 1. The van der Waals surface area contributed by atoms with Crippen LogP contribution in [0, 0.1) is 5.92 Å². The topological polar surface area (TPSA) is 50.2 Å². The predicted octanol–water partition coefficient (Wildman–Crippen LogP) is 1.33. The summed E-state index contributed by atoms with van der Waals surface area (Å²) in [6, 6.07) is 0.346. The fourth-order valence-electron chi connectivity index (χ4n) is 2.56. The molecule has 1 saturated heterocycles. The van der Waals surface area contributed by atoms with Gasteiger partial charge in [0.25, 0.3) is 0 Å². The number of hydrogen-bond donors (Lipinski definition) is 1. The van der Waals surface area contributed by atoms with Gasteiger partial charge in [0.1, 0.15) is 0 Å². The van der Waals surface area contributed by atoms with E-state index in [1.165, 1.54) is 5.56 Å². The molecule has 1 atom stereocenters. The largest absolute Gasteiger partial charge is 0.355 e. The molecule has 2 heterocycles. The second-order valence-corrected chi connectivity index (χ2v) is 5.77. The molecular formula is C14H24N4O. The van der Waals surface area contributed by atoms with Crippen LogP contribution >= 0.6 is 0 Å². The summed E-state index contributed by atoms with van der Waals surface area (Å²) in [5.41, 5.74) is 1.22. The fraction of sp³-hybridized carbons (Fsp3) is 0.714. The van der Waals surface area contributed by atoms with E-state index in [0.29, 0.717) is 18.5 Å². The highest BCUT2D eigenvalue weighted by molar-refractivity contribution is 5.78. The Morgan fingerprint density at radius 1 is 1.58 bits per heavy atom. The van der Waals surface area contributed by atoms with Gasteiger partial charge in [-0.3, -0.25) is 14.4 Å². The van der Waals surface area contributed by atoms with Crippen molar-refractivity contribution in [3.63, 3.8) is 0 Å². The molecule has 0 bridgehead atoms. The smallest absolute Gasteiger partial charge is 0.234 e. The molecule has 2 rings (SSSR count). The molecular weight excluding hydrogens is 240 g/mol. The van der Waals surface area contributed by atoms with E-state index >= 15 is 0 Å². The van der Waals surface area contributed by atoms with Gasteiger partial charge >= 0.3 is 0 Å². The number of nitrogens with one attached hydrogen (secondary N) is 1. The third-order valence-electron chi connectivity index (χ3n) is 3.53. The highest BCUT2D eigenvalue weighted by Crippen LogP contribution is 2.30. The van der Waals surface area contributed by atoms with Crippen molar-refractivity contribution in [2.24, 2.45) is 13.0 Å². The first-order valence-corrected chi connectivity index (χ1v) is 7.05. The van der Waals surface area contributed by atoms with Crippen LogP contribution in [-0.4, -0.2) is 40.2 Å². The van der Waals surface area contributed by atoms with Gasteiger partial charge in [0.15, 0.2) is 0 Å². The molecule has 1 fully saturated rings. The number of carbonyl (C=O) groups excluding carboxylic acids is 1. The van der Waals surface area contributed by atoms with Gasteiger partial charge in [0, 0.05) is 31.4 Å². The maximum absolute atomic E-state index is 11.9. The lowest BCUT2D eigenvalue weighted by Gasteiger charge is -2.23. The van der Waals surface area contributed by atoms with Gasteiger partial charge in [-0.2, -0.15) is 5.10 Å². The van der Waals surface area contributed by atoms with Crippen LogP contribution in [0.4, 0.5) is 0 Å². The van der Waals surface area contributed by atoms with Crippen molar-refractivity contribution in [3.05, 3.63) is 18.0 Å². The minimum Gasteiger partial charge on any atom is -0.355 e. The van der Waals surface area contributed by atoms with Crippen molar-refractivity contribution in [3.8, 4) is 0 Å². The van der Waals surface area contributed by atoms with Crippen LogP contribution in [0.5, 0.6) is 0 Å². The average Bonchev–Trinajstić information content (AvgIpc) is 2.95. The van der Waals surface area contributed by atoms with Crippen LogP contribution in [0.3, 0.4) is 0 Å². The summed E-state index contributed by atoms with van der Waals surface area (Å²) >= 11 is 0. The van der Waals surface area contributed by atoms with Crippen molar-refractivity contribution in [2.75, 3.05) is 19.6 Å². The maximum atomic E-state index is 11.9. The highest BCUT2D eigenvalue weighted by atomic mass is 16.2. The third-order valence-corrected chi connectivity index (χ3v) is 3.53. The summed E-state index contributed by atoms with van der Waals surface area (Å²) in [5.74, 6) is 0.626. The van der Waals surface area contributed by atoms with E-state index < -0.39 is 0 Å². The lowest BCUT2D eigenvalue weighted by Crippen LogP contribution is -2.38. The summed E-state index contributed by atoms with van der Waals surface area (Å²) in [5, 5.41) is 7.21. The lowest BCUT2D eigenvalue weighted by molar-refractivity contribution is -0.122. The molecule has 1 aliphatic heterocycles. The number of aromatic nitrogens is 2. The standard InChI is InChI=1S/C14H24N4O/c1-11(2)7-15-14(19)10-18-6-4-5-13(18)12-8-16-17(3)9-12/h8-9,11,13H,4-7,10H2,1-3H3,(H,15,19)/t13-/m1/s1. The van der Waals surface area contributed by atoms with E-state index in [1.807, 2.05) is 17.9 Å².